The van der Waals surface area contributed by atoms with Crippen LogP contribution in [0.1, 0.15) is 71.1 Å². The number of anilines is 2. The lowest BCUT2D eigenvalue weighted by atomic mass is 10.1. The maximum absolute atomic E-state index is 11.8. The standard InChI is InChI=1S/C18H30N2O/c1-2-3-4-5-6-7-8-9-10-11-18(21)20-17-14-12-16(19)13-15-17/h12-15H,2-11,19H2,1H3,(H,20,21). The number of unbranched alkanes of at least 4 members (excludes halogenated alkanes) is 8. The molecule has 1 rings (SSSR count). The van der Waals surface area contributed by atoms with E-state index in [2.05, 4.69) is 12.2 Å². The Morgan fingerprint density at radius 1 is 0.905 bits per heavy atom. The Morgan fingerprint density at radius 2 is 1.43 bits per heavy atom. The average molecular weight is 290 g/mol. The van der Waals surface area contributed by atoms with Crippen LogP contribution in [0.3, 0.4) is 0 Å². The molecule has 0 bridgehead atoms. The summed E-state index contributed by atoms with van der Waals surface area (Å²) in [6.07, 6.45) is 12.1. The zero-order valence-corrected chi connectivity index (χ0v) is 13.4. The topological polar surface area (TPSA) is 55.1 Å². The highest BCUT2D eigenvalue weighted by molar-refractivity contribution is 5.90. The zero-order valence-electron chi connectivity index (χ0n) is 13.4. The SMILES string of the molecule is CCCCCCCCCCCC(=O)Nc1ccc(N)cc1. The second-order valence-corrected chi connectivity index (χ2v) is 5.75. The van der Waals surface area contributed by atoms with E-state index < -0.39 is 0 Å². The summed E-state index contributed by atoms with van der Waals surface area (Å²) in [7, 11) is 0. The first-order valence-electron chi connectivity index (χ1n) is 8.37. The van der Waals surface area contributed by atoms with Crippen molar-refractivity contribution < 1.29 is 4.79 Å². The third kappa shape index (κ3) is 9.11. The number of nitrogens with two attached hydrogens (primary N) is 1. The molecule has 1 amide bonds. The molecule has 118 valence electrons. The molecule has 1 aromatic carbocycles. The number of hydrogen-bond donors (Lipinski definition) is 2. The number of carbonyl (C=O) groups excluding carboxylic acids is 1. The van der Waals surface area contributed by atoms with Gasteiger partial charge in [0.1, 0.15) is 0 Å². The van der Waals surface area contributed by atoms with Gasteiger partial charge in [0, 0.05) is 17.8 Å². The van der Waals surface area contributed by atoms with Crippen LogP contribution in [0.25, 0.3) is 0 Å². The predicted octanol–water partition coefficient (Wildman–Crippen LogP) is 5.13. The van der Waals surface area contributed by atoms with Crippen molar-refractivity contribution in [2.45, 2.75) is 71.1 Å². The van der Waals surface area contributed by atoms with Crippen LogP contribution in [0.15, 0.2) is 24.3 Å². The van der Waals surface area contributed by atoms with Crippen molar-refractivity contribution >= 4 is 17.3 Å². The van der Waals surface area contributed by atoms with Gasteiger partial charge < -0.3 is 11.1 Å². The maximum Gasteiger partial charge on any atom is 0.224 e. The molecule has 0 aromatic heterocycles. The average Bonchev–Trinajstić information content (AvgIpc) is 2.48. The first kappa shape index (κ1) is 17.5. The minimum absolute atomic E-state index is 0.0997. The summed E-state index contributed by atoms with van der Waals surface area (Å²) >= 11 is 0. The molecule has 21 heavy (non-hydrogen) atoms. The molecular formula is C18H30N2O. The molecule has 1 aromatic rings. The van der Waals surface area contributed by atoms with Crippen molar-refractivity contribution in [2.24, 2.45) is 0 Å². The number of nitrogens with one attached hydrogen (secondary N) is 1. The molecule has 0 fully saturated rings. The van der Waals surface area contributed by atoms with E-state index in [0.29, 0.717) is 12.1 Å². The molecule has 0 aliphatic heterocycles. The highest BCUT2D eigenvalue weighted by Gasteiger charge is 2.02. The molecule has 3 N–H and O–H groups in total. The van der Waals surface area contributed by atoms with E-state index in [9.17, 15) is 4.79 Å². The minimum Gasteiger partial charge on any atom is -0.399 e. The van der Waals surface area contributed by atoms with E-state index in [1.54, 1.807) is 12.1 Å². The molecule has 0 saturated carbocycles. The van der Waals surface area contributed by atoms with E-state index in [4.69, 9.17) is 5.73 Å². The molecule has 0 aliphatic carbocycles. The Labute approximate surface area is 129 Å². The lowest BCUT2D eigenvalue weighted by Gasteiger charge is -2.05. The van der Waals surface area contributed by atoms with Gasteiger partial charge in [0.05, 0.1) is 0 Å². The molecule has 0 aliphatic rings. The van der Waals surface area contributed by atoms with Crippen LogP contribution in [0.4, 0.5) is 11.4 Å². The molecule has 3 nitrogen and oxygen atoms in total. The predicted molar refractivity (Wildman–Crippen MR) is 91.3 cm³/mol. The van der Waals surface area contributed by atoms with Gasteiger partial charge >= 0.3 is 0 Å². The van der Waals surface area contributed by atoms with Crippen molar-refractivity contribution in [3.05, 3.63) is 24.3 Å². The summed E-state index contributed by atoms with van der Waals surface area (Å²) in [6.45, 7) is 2.25. The van der Waals surface area contributed by atoms with Crippen LogP contribution in [0.5, 0.6) is 0 Å². The van der Waals surface area contributed by atoms with Gasteiger partial charge in [-0.25, -0.2) is 0 Å². The lowest BCUT2D eigenvalue weighted by molar-refractivity contribution is -0.116. The Balaban J connectivity index is 1.97. The molecule has 0 radical (unpaired) electrons. The van der Waals surface area contributed by atoms with Crippen LogP contribution < -0.4 is 11.1 Å². The van der Waals surface area contributed by atoms with E-state index in [-0.39, 0.29) is 5.91 Å². The molecule has 0 atom stereocenters. The molecule has 0 heterocycles. The van der Waals surface area contributed by atoms with Gasteiger partial charge in [-0.15, -0.1) is 0 Å². The van der Waals surface area contributed by atoms with Crippen molar-refractivity contribution in [3.8, 4) is 0 Å². The third-order valence-corrected chi connectivity index (χ3v) is 3.70. The van der Waals surface area contributed by atoms with E-state index in [0.717, 1.165) is 18.5 Å². The molecular weight excluding hydrogens is 260 g/mol. The van der Waals surface area contributed by atoms with Crippen molar-refractivity contribution in [1.82, 2.24) is 0 Å². The summed E-state index contributed by atoms with van der Waals surface area (Å²) in [5, 5.41) is 2.90. The Bertz CT molecular complexity index is 387. The van der Waals surface area contributed by atoms with E-state index in [1.165, 1.54) is 44.9 Å². The largest absolute Gasteiger partial charge is 0.399 e. The summed E-state index contributed by atoms with van der Waals surface area (Å²) in [5.41, 5.74) is 7.15. The van der Waals surface area contributed by atoms with Gasteiger partial charge in [-0.3, -0.25) is 4.79 Å². The first-order valence-corrected chi connectivity index (χ1v) is 8.37. The number of amides is 1. The fraction of sp³-hybridized carbons (Fsp3) is 0.611. The van der Waals surface area contributed by atoms with Crippen molar-refractivity contribution in [3.63, 3.8) is 0 Å². The van der Waals surface area contributed by atoms with Gasteiger partial charge in [-0.2, -0.15) is 0 Å². The molecule has 0 saturated heterocycles. The van der Waals surface area contributed by atoms with Gasteiger partial charge in [0.15, 0.2) is 0 Å². The zero-order chi connectivity index (χ0) is 15.3. The second-order valence-electron chi connectivity index (χ2n) is 5.75. The number of nitrogen functional groups attached to an aromatic ring is 1. The maximum atomic E-state index is 11.8. The summed E-state index contributed by atoms with van der Waals surface area (Å²) < 4.78 is 0. The summed E-state index contributed by atoms with van der Waals surface area (Å²) in [4.78, 5) is 11.8. The van der Waals surface area contributed by atoms with Gasteiger partial charge in [-0.1, -0.05) is 58.3 Å². The molecule has 0 unspecified atom stereocenters. The molecule has 0 spiro atoms. The van der Waals surface area contributed by atoms with Crippen LogP contribution in [0.2, 0.25) is 0 Å². The summed E-state index contributed by atoms with van der Waals surface area (Å²) in [6, 6.07) is 7.27. The van der Waals surface area contributed by atoms with Gasteiger partial charge in [0.25, 0.3) is 0 Å². The highest BCUT2D eigenvalue weighted by atomic mass is 16.1. The normalized spacial score (nSPS) is 10.5. The number of carbonyl (C=O) groups is 1. The number of benzene rings is 1. The highest BCUT2D eigenvalue weighted by Crippen LogP contribution is 2.13. The Kier molecular flexibility index (Phi) is 9.34. The van der Waals surface area contributed by atoms with E-state index >= 15 is 0 Å². The lowest BCUT2D eigenvalue weighted by Crippen LogP contribution is -2.10. The van der Waals surface area contributed by atoms with Gasteiger partial charge in [-0.05, 0) is 30.7 Å². The number of rotatable bonds is 11. The Hall–Kier alpha value is -1.51. The fourth-order valence-corrected chi connectivity index (χ4v) is 2.39. The summed E-state index contributed by atoms with van der Waals surface area (Å²) in [5.74, 6) is 0.0997. The monoisotopic (exact) mass is 290 g/mol. The third-order valence-electron chi connectivity index (χ3n) is 3.70. The second kappa shape index (κ2) is 11.2. The first-order chi connectivity index (χ1) is 10.2. The van der Waals surface area contributed by atoms with E-state index in [1.807, 2.05) is 12.1 Å². The van der Waals surface area contributed by atoms with Gasteiger partial charge in [0.2, 0.25) is 5.91 Å². The van der Waals surface area contributed by atoms with Crippen molar-refractivity contribution in [1.29, 1.82) is 0 Å². The number of hydrogen-bond acceptors (Lipinski definition) is 2. The van der Waals surface area contributed by atoms with Crippen LogP contribution in [-0.4, -0.2) is 5.91 Å². The van der Waals surface area contributed by atoms with Crippen LogP contribution in [-0.2, 0) is 4.79 Å². The van der Waals surface area contributed by atoms with Crippen LogP contribution in [0, 0.1) is 0 Å². The minimum atomic E-state index is 0.0997. The quantitative estimate of drug-likeness (QED) is 0.438. The van der Waals surface area contributed by atoms with Crippen molar-refractivity contribution in [2.75, 3.05) is 11.1 Å². The van der Waals surface area contributed by atoms with Crippen LogP contribution >= 0.6 is 0 Å². The fourth-order valence-electron chi connectivity index (χ4n) is 2.39. The smallest absolute Gasteiger partial charge is 0.224 e. The Morgan fingerprint density at radius 3 is 2.00 bits per heavy atom. The molecule has 3 heteroatoms.